The molecule has 0 bridgehead atoms. The maximum Gasteiger partial charge on any atom is 0.177 e. The summed E-state index contributed by atoms with van der Waals surface area (Å²) in [7, 11) is -1.30. The Labute approximate surface area is 125 Å². The van der Waals surface area contributed by atoms with Crippen LogP contribution in [0.3, 0.4) is 0 Å². The average molecular weight is 308 g/mol. The van der Waals surface area contributed by atoms with Gasteiger partial charge in [0.2, 0.25) is 0 Å². The van der Waals surface area contributed by atoms with Crippen LogP contribution in [0.25, 0.3) is 0 Å². The lowest BCUT2D eigenvalue weighted by molar-refractivity contribution is 0.601. The summed E-state index contributed by atoms with van der Waals surface area (Å²) in [5, 5.41) is 7.74. The Hall–Kier alpha value is -1.89. The minimum Gasteiger partial charge on any atom is -0.337 e. The minimum atomic E-state index is -3.22. The first-order valence-corrected chi connectivity index (χ1v) is 8.73. The summed E-state index contributed by atoms with van der Waals surface area (Å²) in [5.74, 6) is 0.611. The molecule has 2 rings (SSSR count). The third kappa shape index (κ3) is 3.24. The minimum absolute atomic E-state index is 0.214. The molecule has 1 N–H and O–H groups in total. The zero-order valence-electron chi connectivity index (χ0n) is 12.7. The molecule has 0 aliphatic heterocycles. The Balaban J connectivity index is 2.34. The number of rotatable bonds is 5. The van der Waals surface area contributed by atoms with Gasteiger partial charge in [-0.2, -0.15) is 5.10 Å². The number of hydrogen-bond donors (Lipinski definition) is 1. The van der Waals surface area contributed by atoms with Crippen LogP contribution in [0, 0.1) is 0 Å². The van der Waals surface area contributed by atoms with Gasteiger partial charge in [-0.1, -0.05) is 13.8 Å². The standard InChI is InChI=1S/C14H20N4O2S/c1-5-11-14(12(6-2)18(3)17-11)16-13-8-7-10(9-15-13)21(4,19)20/h7-9H,5-6H2,1-4H3,(H,15,16). The van der Waals surface area contributed by atoms with Gasteiger partial charge in [0.1, 0.15) is 5.82 Å². The van der Waals surface area contributed by atoms with Crippen LogP contribution in [0.5, 0.6) is 0 Å². The molecule has 2 aromatic heterocycles. The smallest absolute Gasteiger partial charge is 0.177 e. The molecule has 2 aromatic rings. The fourth-order valence-corrected chi connectivity index (χ4v) is 2.78. The SMILES string of the molecule is CCc1nn(C)c(CC)c1Nc1ccc(S(C)(=O)=O)cn1. The summed E-state index contributed by atoms with van der Waals surface area (Å²) >= 11 is 0. The molecule has 0 amide bonds. The Bertz CT molecular complexity index is 733. The van der Waals surface area contributed by atoms with Crippen molar-refractivity contribution in [2.75, 3.05) is 11.6 Å². The number of sulfone groups is 1. The van der Waals surface area contributed by atoms with Gasteiger partial charge >= 0.3 is 0 Å². The van der Waals surface area contributed by atoms with E-state index in [1.807, 2.05) is 18.7 Å². The molecule has 0 aliphatic carbocycles. The van der Waals surface area contributed by atoms with Crippen molar-refractivity contribution in [3.63, 3.8) is 0 Å². The molecular formula is C14H20N4O2S. The van der Waals surface area contributed by atoms with Crippen LogP contribution in [-0.2, 0) is 29.7 Å². The van der Waals surface area contributed by atoms with Crippen molar-refractivity contribution < 1.29 is 8.42 Å². The van der Waals surface area contributed by atoms with Crippen LogP contribution in [-0.4, -0.2) is 29.4 Å². The van der Waals surface area contributed by atoms with E-state index in [4.69, 9.17) is 0 Å². The van der Waals surface area contributed by atoms with Crippen molar-refractivity contribution in [2.45, 2.75) is 31.6 Å². The Morgan fingerprint density at radius 2 is 1.95 bits per heavy atom. The van der Waals surface area contributed by atoms with E-state index in [-0.39, 0.29) is 4.90 Å². The van der Waals surface area contributed by atoms with E-state index >= 15 is 0 Å². The molecule has 0 fully saturated rings. The molecule has 0 aromatic carbocycles. The molecule has 0 atom stereocenters. The molecule has 6 nitrogen and oxygen atoms in total. The predicted octanol–water partition coefficient (Wildman–Crippen LogP) is 2.09. The molecule has 0 saturated heterocycles. The molecular weight excluding hydrogens is 288 g/mol. The zero-order chi connectivity index (χ0) is 15.6. The average Bonchev–Trinajstić information content (AvgIpc) is 2.73. The Kier molecular flexibility index (Phi) is 4.32. The lowest BCUT2D eigenvalue weighted by Crippen LogP contribution is -2.02. The zero-order valence-corrected chi connectivity index (χ0v) is 13.5. The highest BCUT2D eigenvalue weighted by molar-refractivity contribution is 7.90. The van der Waals surface area contributed by atoms with Crippen molar-refractivity contribution in [1.29, 1.82) is 0 Å². The largest absolute Gasteiger partial charge is 0.337 e. The van der Waals surface area contributed by atoms with E-state index < -0.39 is 9.84 Å². The third-order valence-electron chi connectivity index (χ3n) is 3.33. The summed E-state index contributed by atoms with van der Waals surface area (Å²) in [5.41, 5.74) is 3.03. The van der Waals surface area contributed by atoms with E-state index in [1.54, 1.807) is 12.1 Å². The number of anilines is 2. The fourth-order valence-electron chi connectivity index (χ4n) is 2.22. The monoisotopic (exact) mass is 308 g/mol. The van der Waals surface area contributed by atoms with Crippen molar-refractivity contribution >= 4 is 21.3 Å². The number of nitrogens with one attached hydrogen (secondary N) is 1. The van der Waals surface area contributed by atoms with Gasteiger partial charge in [0.25, 0.3) is 0 Å². The summed E-state index contributed by atoms with van der Waals surface area (Å²) in [6, 6.07) is 3.22. The number of aromatic nitrogens is 3. The molecule has 114 valence electrons. The van der Waals surface area contributed by atoms with Crippen LogP contribution in [0.1, 0.15) is 25.2 Å². The second-order valence-electron chi connectivity index (χ2n) is 4.88. The summed E-state index contributed by atoms with van der Waals surface area (Å²) < 4.78 is 24.7. The third-order valence-corrected chi connectivity index (χ3v) is 4.42. The normalized spacial score (nSPS) is 11.6. The van der Waals surface area contributed by atoms with Gasteiger partial charge in [-0.15, -0.1) is 0 Å². The molecule has 21 heavy (non-hydrogen) atoms. The van der Waals surface area contributed by atoms with Crippen molar-refractivity contribution in [2.24, 2.45) is 7.05 Å². The maximum absolute atomic E-state index is 11.4. The number of nitrogens with zero attached hydrogens (tertiary/aromatic N) is 3. The summed E-state index contributed by atoms with van der Waals surface area (Å²) in [6.07, 6.45) is 4.21. The van der Waals surface area contributed by atoms with Gasteiger partial charge in [-0.3, -0.25) is 4.68 Å². The number of aryl methyl sites for hydroxylation is 2. The van der Waals surface area contributed by atoms with E-state index in [2.05, 4.69) is 22.3 Å². The van der Waals surface area contributed by atoms with Crippen LogP contribution < -0.4 is 5.32 Å². The molecule has 0 aliphatic rings. The van der Waals surface area contributed by atoms with Crippen LogP contribution in [0.4, 0.5) is 11.5 Å². The van der Waals surface area contributed by atoms with Crippen molar-refractivity contribution in [1.82, 2.24) is 14.8 Å². The Morgan fingerprint density at radius 3 is 2.43 bits per heavy atom. The van der Waals surface area contributed by atoms with Crippen molar-refractivity contribution in [3.05, 3.63) is 29.7 Å². The molecule has 7 heteroatoms. The molecule has 0 spiro atoms. The summed E-state index contributed by atoms with van der Waals surface area (Å²) in [4.78, 5) is 4.39. The summed E-state index contributed by atoms with van der Waals surface area (Å²) in [6.45, 7) is 4.12. The fraction of sp³-hybridized carbons (Fsp3) is 0.429. The van der Waals surface area contributed by atoms with Gasteiger partial charge in [0, 0.05) is 19.5 Å². The highest BCUT2D eigenvalue weighted by Crippen LogP contribution is 2.25. The van der Waals surface area contributed by atoms with E-state index in [9.17, 15) is 8.42 Å². The van der Waals surface area contributed by atoms with Crippen LogP contribution in [0.2, 0.25) is 0 Å². The van der Waals surface area contributed by atoms with Gasteiger partial charge < -0.3 is 5.32 Å². The molecule has 0 radical (unpaired) electrons. The first-order chi connectivity index (χ1) is 9.86. The van der Waals surface area contributed by atoms with Gasteiger partial charge in [0.15, 0.2) is 9.84 Å². The lowest BCUT2D eigenvalue weighted by Gasteiger charge is -2.08. The first kappa shape index (κ1) is 15.5. The van der Waals surface area contributed by atoms with Gasteiger partial charge in [-0.05, 0) is 25.0 Å². The highest BCUT2D eigenvalue weighted by atomic mass is 32.2. The van der Waals surface area contributed by atoms with Gasteiger partial charge in [0.05, 0.1) is 22.0 Å². The van der Waals surface area contributed by atoms with Crippen LogP contribution >= 0.6 is 0 Å². The highest BCUT2D eigenvalue weighted by Gasteiger charge is 2.14. The van der Waals surface area contributed by atoms with Crippen molar-refractivity contribution in [3.8, 4) is 0 Å². The predicted molar refractivity (Wildman–Crippen MR) is 82.6 cm³/mol. The quantitative estimate of drug-likeness (QED) is 0.915. The second kappa shape index (κ2) is 5.85. The topological polar surface area (TPSA) is 76.9 Å². The molecule has 0 unspecified atom stereocenters. The first-order valence-electron chi connectivity index (χ1n) is 6.84. The van der Waals surface area contributed by atoms with Crippen LogP contribution in [0.15, 0.2) is 23.2 Å². The number of pyridine rings is 1. The molecule has 2 heterocycles. The van der Waals surface area contributed by atoms with E-state index in [0.717, 1.165) is 29.9 Å². The lowest BCUT2D eigenvalue weighted by atomic mass is 10.2. The molecule has 0 saturated carbocycles. The number of hydrogen-bond acceptors (Lipinski definition) is 5. The van der Waals surface area contributed by atoms with E-state index in [0.29, 0.717) is 5.82 Å². The Morgan fingerprint density at radius 1 is 1.24 bits per heavy atom. The maximum atomic E-state index is 11.4. The van der Waals surface area contributed by atoms with Gasteiger partial charge in [-0.25, -0.2) is 13.4 Å². The second-order valence-corrected chi connectivity index (χ2v) is 6.89. The van der Waals surface area contributed by atoms with E-state index in [1.165, 1.54) is 12.5 Å².